The van der Waals surface area contributed by atoms with E-state index in [0.29, 0.717) is 37.0 Å². The fourth-order valence-corrected chi connectivity index (χ4v) is 3.62. The number of hydrogen-bond donors (Lipinski definition) is 1. The Morgan fingerprint density at radius 1 is 1.10 bits per heavy atom. The molecular weight excluding hydrogens is 409 g/mol. The fraction of sp³-hybridized carbons (Fsp3) is 0.364. The van der Waals surface area contributed by atoms with Crippen LogP contribution in [0.4, 0.5) is 4.39 Å². The molecule has 1 heterocycles. The molecule has 8 heteroatoms. The van der Waals surface area contributed by atoms with Crippen molar-refractivity contribution in [2.75, 3.05) is 39.3 Å². The molecule has 2 aromatic rings. The van der Waals surface area contributed by atoms with E-state index in [4.69, 9.17) is 16.3 Å². The first-order valence-corrected chi connectivity index (χ1v) is 10.2. The van der Waals surface area contributed by atoms with Gasteiger partial charge < -0.3 is 15.0 Å². The molecule has 2 amide bonds. The molecule has 30 heavy (non-hydrogen) atoms. The van der Waals surface area contributed by atoms with Crippen LogP contribution in [0.25, 0.3) is 0 Å². The summed E-state index contributed by atoms with van der Waals surface area (Å²) < 4.78 is 18.3. The van der Waals surface area contributed by atoms with Gasteiger partial charge >= 0.3 is 0 Å². The number of nitrogens with one attached hydrogen (secondary N) is 1. The van der Waals surface area contributed by atoms with Gasteiger partial charge in [0, 0.05) is 31.2 Å². The molecule has 1 unspecified atom stereocenters. The number of nitrogens with zero attached hydrogens (tertiary/aromatic N) is 2. The Labute approximate surface area is 180 Å². The highest BCUT2D eigenvalue weighted by Gasteiger charge is 2.23. The van der Waals surface area contributed by atoms with Crippen molar-refractivity contribution >= 4 is 23.4 Å². The second-order valence-corrected chi connectivity index (χ2v) is 7.62. The van der Waals surface area contributed by atoms with Crippen molar-refractivity contribution in [3.63, 3.8) is 0 Å². The number of carbonyl (C=O) groups is 2. The van der Waals surface area contributed by atoms with Gasteiger partial charge in [0.15, 0.2) is 6.61 Å². The lowest BCUT2D eigenvalue weighted by molar-refractivity contribution is -0.135. The van der Waals surface area contributed by atoms with Crippen molar-refractivity contribution in [2.45, 2.75) is 13.0 Å². The average molecular weight is 434 g/mol. The molecular formula is C22H25ClFN3O3. The van der Waals surface area contributed by atoms with Crippen LogP contribution in [0.5, 0.6) is 5.75 Å². The normalized spacial score (nSPS) is 15.5. The van der Waals surface area contributed by atoms with E-state index >= 15 is 0 Å². The largest absolute Gasteiger partial charge is 0.484 e. The summed E-state index contributed by atoms with van der Waals surface area (Å²) in [6.07, 6.45) is 0. The Morgan fingerprint density at radius 2 is 1.77 bits per heavy atom. The van der Waals surface area contributed by atoms with Crippen LogP contribution in [0, 0.1) is 5.82 Å². The third-order valence-electron chi connectivity index (χ3n) is 5.02. The van der Waals surface area contributed by atoms with Crippen molar-refractivity contribution in [3.8, 4) is 5.75 Å². The number of rotatable bonds is 7. The first-order chi connectivity index (χ1) is 14.4. The Bertz CT molecular complexity index is 870. The number of ether oxygens (including phenoxy) is 1. The minimum Gasteiger partial charge on any atom is -0.484 e. The lowest BCUT2D eigenvalue weighted by Gasteiger charge is -2.34. The molecule has 0 bridgehead atoms. The molecule has 1 saturated heterocycles. The molecule has 1 aliphatic heterocycles. The summed E-state index contributed by atoms with van der Waals surface area (Å²) in [6, 6.07) is 12.8. The van der Waals surface area contributed by atoms with Gasteiger partial charge in [-0.05, 0) is 42.8 Å². The van der Waals surface area contributed by atoms with E-state index in [1.54, 1.807) is 11.0 Å². The Kier molecular flexibility index (Phi) is 7.65. The molecule has 0 spiro atoms. The maximum atomic E-state index is 12.9. The van der Waals surface area contributed by atoms with Gasteiger partial charge in [0.05, 0.1) is 12.6 Å². The van der Waals surface area contributed by atoms with E-state index in [9.17, 15) is 14.0 Å². The predicted octanol–water partition coefficient (Wildman–Crippen LogP) is 2.88. The van der Waals surface area contributed by atoms with E-state index in [2.05, 4.69) is 5.32 Å². The van der Waals surface area contributed by atoms with Crippen LogP contribution in [-0.4, -0.2) is 60.9 Å². The second kappa shape index (κ2) is 10.4. The van der Waals surface area contributed by atoms with Crippen molar-refractivity contribution in [2.24, 2.45) is 0 Å². The number of benzene rings is 2. The Balaban J connectivity index is 1.39. The first-order valence-electron chi connectivity index (χ1n) is 9.84. The van der Waals surface area contributed by atoms with Gasteiger partial charge in [0.1, 0.15) is 11.6 Å². The molecule has 0 aromatic heterocycles. The third kappa shape index (κ3) is 6.18. The maximum Gasteiger partial charge on any atom is 0.260 e. The van der Waals surface area contributed by atoms with Gasteiger partial charge in [0.25, 0.3) is 5.91 Å². The molecule has 6 nitrogen and oxygen atoms in total. The minimum atomic E-state index is -0.352. The van der Waals surface area contributed by atoms with Crippen LogP contribution < -0.4 is 10.1 Å². The van der Waals surface area contributed by atoms with Crippen molar-refractivity contribution in [1.82, 2.24) is 15.1 Å². The summed E-state index contributed by atoms with van der Waals surface area (Å²) in [5.74, 6) is -0.111. The monoisotopic (exact) mass is 433 g/mol. The predicted molar refractivity (Wildman–Crippen MR) is 113 cm³/mol. The summed E-state index contributed by atoms with van der Waals surface area (Å²) in [5.41, 5.74) is 0.879. The molecule has 1 atom stereocenters. The SMILES string of the molecule is CC(NC(=O)CN1CCN(C(=O)COc2ccc(F)cc2)CC1)c1ccccc1Cl. The molecule has 160 valence electrons. The van der Waals surface area contributed by atoms with Gasteiger partial charge in [-0.25, -0.2) is 4.39 Å². The molecule has 1 fully saturated rings. The van der Waals surface area contributed by atoms with E-state index < -0.39 is 0 Å². The highest BCUT2D eigenvalue weighted by atomic mass is 35.5. The van der Waals surface area contributed by atoms with E-state index in [-0.39, 0.29) is 36.8 Å². The highest BCUT2D eigenvalue weighted by Crippen LogP contribution is 2.22. The summed E-state index contributed by atoms with van der Waals surface area (Å²) >= 11 is 6.19. The highest BCUT2D eigenvalue weighted by molar-refractivity contribution is 6.31. The smallest absolute Gasteiger partial charge is 0.260 e. The zero-order chi connectivity index (χ0) is 21.5. The zero-order valence-electron chi connectivity index (χ0n) is 16.8. The van der Waals surface area contributed by atoms with Crippen molar-refractivity contribution in [3.05, 3.63) is 64.9 Å². The molecule has 0 radical (unpaired) electrons. The van der Waals surface area contributed by atoms with Crippen LogP contribution in [0.1, 0.15) is 18.5 Å². The van der Waals surface area contributed by atoms with Gasteiger partial charge in [0.2, 0.25) is 5.91 Å². The average Bonchev–Trinajstić information content (AvgIpc) is 2.74. The standard InChI is InChI=1S/C22H25ClFN3O3/c1-16(19-4-2-3-5-20(19)23)25-21(28)14-26-10-12-27(13-11-26)22(29)15-30-18-8-6-17(24)7-9-18/h2-9,16H,10-15H2,1H3,(H,25,28). The van der Waals surface area contributed by atoms with Crippen LogP contribution in [0.15, 0.2) is 48.5 Å². The number of piperazine rings is 1. The van der Waals surface area contributed by atoms with Crippen LogP contribution >= 0.6 is 11.6 Å². The summed E-state index contributed by atoms with van der Waals surface area (Å²) in [5, 5.41) is 3.59. The summed E-state index contributed by atoms with van der Waals surface area (Å²) in [7, 11) is 0. The van der Waals surface area contributed by atoms with Crippen LogP contribution in [0.3, 0.4) is 0 Å². The molecule has 0 saturated carbocycles. The zero-order valence-corrected chi connectivity index (χ0v) is 17.6. The van der Waals surface area contributed by atoms with Gasteiger partial charge in [-0.3, -0.25) is 14.5 Å². The Morgan fingerprint density at radius 3 is 2.43 bits per heavy atom. The van der Waals surface area contributed by atoms with E-state index in [1.165, 1.54) is 24.3 Å². The molecule has 1 N–H and O–H groups in total. The van der Waals surface area contributed by atoms with E-state index in [1.807, 2.05) is 30.0 Å². The Hall–Kier alpha value is -2.64. The number of halogens is 2. The lowest BCUT2D eigenvalue weighted by atomic mass is 10.1. The van der Waals surface area contributed by atoms with Crippen LogP contribution in [0.2, 0.25) is 5.02 Å². The third-order valence-corrected chi connectivity index (χ3v) is 5.36. The molecule has 2 aromatic carbocycles. The van der Waals surface area contributed by atoms with Crippen LogP contribution in [-0.2, 0) is 9.59 Å². The van der Waals surface area contributed by atoms with Crippen molar-refractivity contribution in [1.29, 1.82) is 0 Å². The van der Waals surface area contributed by atoms with Gasteiger partial charge in [-0.2, -0.15) is 0 Å². The summed E-state index contributed by atoms with van der Waals surface area (Å²) in [6.45, 7) is 4.34. The van der Waals surface area contributed by atoms with Crippen molar-refractivity contribution < 1.29 is 18.7 Å². The molecule has 3 rings (SSSR count). The number of hydrogen-bond acceptors (Lipinski definition) is 4. The lowest BCUT2D eigenvalue weighted by Crippen LogP contribution is -2.52. The fourth-order valence-electron chi connectivity index (χ4n) is 3.32. The second-order valence-electron chi connectivity index (χ2n) is 7.21. The number of carbonyl (C=O) groups excluding carboxylic acids is 2. The van der Waals surface area contributed by atoms with Gasteiger partial charge in [-0.1, -0.05) is 29.8 Å². The van der Waals surface area contributed by atoms with E-state index in [0.717, 1.165) is 5.56 Å². The minimum absolute atomic E-state index is 0.0816. The first kappa shape index (κ1) is 22.1. The maximum absolute atomic E-state index is 12.9. The topological polar surface area (TPSA) is 61.9 Å². The number of amides is 2. The quantitative estimate of drug-likeness (QED) is 0.729. The van der Waals surface area contributed by atoms with Gasteiger partial charge in [-0.15, -0.1) is 0 Å². The molecule has 1 aliphatic rings. The summed E-state index contributed by atoms with van der Waals surface area (Å²) in [4.78, 5) is 28.4. The molecule has 0 aliphatic carbocycles.